The zero-order chi connectivity index (χ0) is 13.9. The molecule has 0 unspecified atom stereocenters. The van der Waals surface area contributed by atoms with Gasteiger partial charge in [0.1, 0.15) is 6.04 Å². The normalized spacial score (nSPS) is 12.8. The topological polar surface area (TPSA) is 57.6 Å². The van der Waals surface area contributed by atoms with Crippen LogP contribution in [0.25, 0.3) is 0 Å². The predicted octanol–water partition coefficient (Wildman–Crippen LogP) is 1.10. The molecule has 0 fully saturated rings. The maximum atomic E-state index is 11.5. The maximum Gasteiger partial charge on any atom is 0.327 e. The fourth-order valence-electron chi connectivity index (χ4n) is 2.17. The lowest BCUT2D eigenvalue weighted by Crippen LogP contribution is -2.53. The van der Waals surface area contributed by atoms with Gasteiger partial charge in [-0.05, 0) is 5.56 Å². The van der Waals surface area contributed by atoms with E-state index in [1.54, 1.807) is 0 Å². The first-order valence-electron chi connectivity index (χ1n) is 5.80. The summed E-state index contributed by atoms with van der Waals surface area (Å²) < 4.78 is 0. The van der Waals surface area contributed by atoms with Crippen molar-refractivity contribution in [2.45, 2.75) is 25.3 Å². The van der Waals surface area contributed by atoms with E-state index in [4.69, 9.17) is 0 Å². The number of carboxylic acid groups (broad SMARTS) is 1. The predicted molar refractivity (Wildman–Crippen MR) is 72.6 cm³/mol. The summed E-state index contributed by atoms with van der Waals surface area (Å²) in [6.07, 6.45) is 0. The molecule has 18 heavy (non-hydrogen) atoms. The number of likely N-dealkylation sites (N-methyl/N-ethyl adjacent to an activating group) is 1. The van der Waals surface area contributed by atoms with Crippen LogP contribution in [0.1, 0.15) is 19.4 Å². The Morgan fingerprint density at radius 1 is 1.28 bits per heavy atom. The van der Waals surface area contributed by atoms with Gasteiger partial charge in [-0.1, -0.05) is 44.2 Å². The van der Waals surface area contributed by atoms with Crippen LogP contribution in [0.2, 0.25) is 0 Å². The van der Waals surface area contributed by atoms with E-state index in [2.05, 4.69) is 0 Å². The molecule has 0 heterocycles. The summed E-state index contributed by atoms with van der Waals surface area (Å²) in [5.74, 6) is -1.26. The smallest absolute Gasteiger partial charge is 0.327 e. The van der Waals surface area contributed by atoms with Gasteiger partial charge >= 0.3 is 5.97 Å². The van der Waals surface area contributed by atoms with Gasteiger partial charge in [0.15, 0.2) is 5.81 Å². The molecule has 0 spiro atoms. The molecular formula is C13H18BNO3. The van der Waals surface area contributed by atoms with Crippen molar-refractivity contribution in [3.63, 3.8) is 0 Å². The maximum absolute atomic E-state index is 11.5. The second-order valence-corrected chi connectivity index (χ2v) is 4.96. The lowest BCUT2D eigenvalue weighted by molar-refractivity contribution is -0.143. The van der Waals surface area contributed by atoms with Crippen LogP contribution in [0.3, 0.4) is 0 Å². The number of amides is 1. The number of rotatable bonds is 4. The van der Waals surface area contributed by atoms with E-state index in [1.807, 2.05) is 44.2 Å². The van der Waals surface area contributed by atoms with E-state index in [-0.39, 0.29) is 5.81 Å². The monoisotopic (exact) mass is 247 g/mol. The van der Waals surface area contributed by atoms with E-state index < -0.39 is 17.4 Å². The summed E-state index contributed by atoms with van der Waals surface area (Å²) in [4.78, 5) is 24.2. The molecule has 0 radical (unpaired) electrons. The molecule has 1 aromatic carbocycles. The number of nitrogens with zero attached hydrogens (tertiary/aromatic N) is 1. The number of benzene rings is 1. The van der Waals surface area contributed by atoms with Gasteiger partial charge in [-0.15, -0.1) is 0 Å². The highest BCUT2D eigenvalue weighted by Gasteiger charge is 2.40. The number of carbonyl (C=O) groups excluding carboxylic acids is 1. The average Bonchev–Trinajstić information content (AvgIpc) is 2.29. The first-order chi connectivity index (χ1) is 8.28. The second-order valence-electron chi connectivity index (χ2n) is 4.96. The Balaban J connectivity index is 3.21. The minimum Gasteiger partial charge on any atom is -0.480 e. The van der Waals surface area contributed by atoms with E-state index in [0.717, 1.165) is 5.56 Å². The summed E-state index contributed by atoms with van der Waals surface area (Å²) in [5, 5.41) is 9.40. The van der Waals surface area contributed by atoms with Gasteiger partial charge in [0, 0.05) is 12.5 Å². The lowest BCUT2D eigenvalue weighted by Gasteiger charge is -2.37. The van der Waals surface area contributed by atoms with Crippen LogP contribution < -0.4 is 0 Å². The number of aliphatic carboxylic acids is 1. The minimum atomic E-state index is -0.999. The summed E-state index contributed by atoms with van der Waals surface area (Å²) in [7, 11) is 2.89. The largest absolute Gasteiger partial charge is 0.480 e. The van der Waals surface area contributed by atoms with Crippen LogP contribution in [0, 0.1) is 0 Å². The molecule has 1 atom stereocenters. The first-order valence-corrected chi connectivity index (χ1v) is 5.80. The lowest BCUT2D eigenvalue weighted by atomic mass is 9.76. The van der Waals surface area contributed by atoms with Gasteiger partial charge in [0.2, 0.25) is 7.85 Å². The molecule has 96 valence electrons. The van der Waals surface area contributed by atoms with Gasteiger partial charge in [-0.25, -0.2) is 4.79 Å². The Hall–Kier alpha value is -1.78. The van der Waals surface area contributed by atoms with E-state index in [0.29, 0.717) is 0 Å². The van der Waals surface area contributed by atoms with Gasteiger partial charge in [0.25, 0.3) is 0 Å². The molecule has 0 aliphatic rings. The van der Waals surface area contributed by atoms with Crippen LogP contribution in [-0.4, -0.2) is 42.7 Å². The molecule has 0 bridgehead atoms. The third kappa shape index (κ3) is 2.72. The third-order valence-electron chi connectivity index (χ3n) is 3.32. The van der Waals surface area contributed by atoms with Gasteiger partial charge < -0.3 is 10.0 Å². The number of carboxylic acids is 1. The van der Waals surface area contributed by atoms with Gasteiger partial charge in [-0.2, -0.15) is 0 Å². The molecule has 5 heteroatoms. The van der Waals surface area contributed by atoms with Crippen LogP contribution in [-0.2, 0) is 10.2 Å². The molecule has 1 N–H and O–H groups in total. The highest BCUT2D eigenvalue weighted by molar-refractivity contribution is 6.57. The van der Waals surface area contributed by atoms with E-state index in [9.17, 15) is 14.7 Å². The minimum absolute atomic E-state index is 0.258. The molecule has 0 aliphatic heterocycles. The zero-order valence-corrected chi connectivity index (χ0v) is 11.2. The zero-order valence-electron chi connectivity index (χ0n) is 11.2. The molecule has 0 saturated heterocycles. The molecule has 0 saturated carbocycles. The molecule has 0 aliphatic carbocycles. The fraction of sp³-hybridized carbons (Fsp3) is 0.385. The number of hydrogen-bond acceptors (Lipinski definition) is 2. The quantitative estimate of drug-likeness (QED) is 0.810. The van der Waals surface area contributed by atoms with Crippen molar-refractivity contribution in [1.82, 2.24) is 4.90 Å². The summed E-state index contributed by atoms with van der Waals surface area (Å²) in [5.41, 5.74) is 0.235. The van der Waals surface area contributed by atoms with Crippen molar-refractivity contribution >= 4 is 19.6 Å². The van der Waals surface area contributed by atoms with Crippen LogP contribution in [0.15, 0.2) is 30.3 Å². The molecule has 0 aromatic heterocycles. The van der Waals surface area contributed by atoms with E-state index in [1.165, 1.54) is 19.8 Å². The molecular weight excluding hydrogens is 229 g/mol. The summed E-state index contributed by atoms with van der Waals surface area (Å²) in [6.45, 7) is 3.67. The standard InChI is InChI=1S/C13H18BNO3/c1-13(2,9-7-5-4-6-8-9)10(11(16)17)15(3)12(14)18/h4-8,10H,14H2,1-3H3,(H,16,17)/t10-/m1/s1. The Morgan fingerprint density at radius 3 is 2.17 bits per heavy atom. The van der Waals surface area contributed by atoms with Gasteiger partial charge in [0.05, 0.1) is 0 Å². The molecule has 1 rings (SSSR count). The Bertz CT molecular complexity index is 445. The van der Waals surface area contributed by atoms with Crippen LogP contribution in [0.4, 0.5) is 4.79 Å². The Morgan fingerprint density at radius 2 is 1.78 bits per heavy atom. The van der Waals surface area contributed by atoms with Gasteiger partial charge in [-0.3, -0.25) is 4.79 Å². The third-order valence-corrected chi connectivity index (χ3v) is 3.32. The Kier molecular flexibility index (Phi) is 4.17. The van der Waals surface area contributed by atoms with Crippen molar-refractivity contribution in [1.29, 1.82) is 0 Å². The molecule has 1 aromatic rings. The summed E-state index contributed by atoms with van der Waals surface area (Å²) >= 11 is 0. The molecule has 1 amide bonds. The first kappa shape index (κ1) is 14.3. The van der Waals surface area contributed by atoms with Crippen molar-refractivity contribution in [2.24, 2.45) is 0 Å². The highest BCUT2D eigenvalue weighted by Crippen LogP contribution is 2.30. The Labute approximate surface area is 108 Å². The second kappa shape index (κ2) is 5.25. The van der Waals surface area contributed by atoms with Crippen LogP contribution >= 0.6 is 0 Å². The van der Waals surface area contributed by atoms with Crippen molar-refractivity contribution < 1.29 is 14.7 Å². The summed E-state index contributed by atoms with van der Waals surface area (Å²) in [6, 6.07) is 8.48. The molecule has 4 nitrogen and oxygen atoms in total. The van der Waals surface area contributed by atoms with Crippen LogP contribution in [0.5, 0.6) is 0 Å². The average molecular weight is 247 g/mol. The van der Waals surface area contributed by atoms with E-state index >= 15 is 0 Å². The number of carbonyl (C=O) groups is 2. The number of hydrogen-bond donors (Lipinski definition) is 1. The van der Waals surface area contributed by atoms with Crippen molar-refractivity contribution in [2.75, 3.05) is 7.05 Å². The van der Waals surface area contributed by atoms with Crippen molar-refractivity contribution in [3.05, 3.63) is 35.9 Å². The fourth-order valence-corrected chi connectivity index (χ4v) is 2.17. The van der Waals surface area contributed by atoms with Crippen molar-refractivity contribution in [3.8, 4) is 0 Å². The highest BCUT2D eigenvalue weighted by atomic mass is 16.4. The SMILES string of the molecule is BC(=O)N(C)[C@H](C(=O)O)C(C)(C)c1ccccc1.